The Morgan fingerprint density at radius 1 is 1.48 bits per heavy atom. The van der Waals surface area contributed by atoms with Gasteiger partial charge in [0.2, 0.25) is 10.0 Å². The molecular formula is C11H13ClN2O6S. The summed E-state index contributed by atoms with van der Waals surface area (Å²) in [5.74, 6) is -1.45. The van der Waals surface area contributed by atoms with Crippen molar-refractivity contribution in [2.24, 2.45) is 0 Å². The third-order valence-corrected chi connectivity index (χ3v) is 4.22. The number of carboxylic acid groups (broad SMARTS) is 1. The molecule has 0 aromatic heterocycles. The van der Waals surface area contributed by atoms with E-state index in [1.165, 1.54) is 6.92 Å². The first-order valence-electron chi connectivity index (χ1n) is 5.79. The van der Waals surface area contributed by atoms with Gasteiger partial charge in [0.05, 0.1) is 16.4 Å². The van der Waals surface area contributed by atoms with Crippen molar-refractivity contribution in [3.8, 4) is 0 Å². The number of rotatable bonds is 7. The number of anilines is 1. The van der Waals surface area contributed by atoms with Gasteiger partial charge >= 0.3 is 5.97 Å². The number of nitro benzene ring substituents is 1. The molecule has 0 radical (unpaired) electrons. The van der Waals surface area contributed by atoms with E-state index in [4.69, 9.17) is 16.7 Å². The Bertz CT molecular complexity index is 674. The molecule has 0 unspecified atom stereocenters. The van der Waals surface area contributed by atoms with Gasteiger partial charge in [0, 0.05) is 12.5 Å². The Balaban J connectivity index is 2.90. The summed E-state index contributed by atoms with van der Waals surface area (Å²) < 4.78 is 25.8. The van der Waals surface area contributed by atoms with Crippen molar-refractivity contribution in [1.82, 2.24) is 0 Å². The van der Waals surface area contributed by atoms with Crippen LogP contribution in [0, 0.1) is 17.0 Å². The Morgan fingerprint density at radius 3 is 2.62 bits per heavy atom. The predicted molar refractivity (Wildman–Crippen MR) is 77.1 cm³/mol. The minimum atomic E-state index is -3.74. The smallest absolute Gasteiger partial charge is 0.303 e. The summed E-state index contributed by atoms with van der Waals surface area (Å²) in [5.41, 5.74) is 0.150. The lowest BCUT2D eigenvalue weighted by Crippen LogP contribution is -2.18. The van der Waals surface area contributed by atoms with Gasteiger partial charge in [0.1, 0.15) is 5.02 Å². The maximum Gasteiger partial charge on any atom is 0.303 e. The monoisotopic (exact) mass is 336 g/mol. The standard InChI is InChI=1S/C11H13ClN2O6S/c1-7-5-10(14(17)18)8(12)6-9(7)13-21(19,20)4-2-3-11(15)16/h5-6,13H,2-4H2,1H3,(H,15,16). The van der Waals surface area contributed by atoms with Crippen LogP contribution in [0.4, 0.5) is 11.4 Å². The first kappa shape index (κ1) is 17.2. The van der Waals surface area contributed by atoms with Gasteiger partial charge in [-0.3, -0.25) is 19.6 Å². The molecule has 1 rings (SSSR count). The average Bonchev–Trinajstić information content (AvgIpc) is 2.31. The second-order valence-corrected chi connectivity index (χ2v) is 6.54. The van der Waals surface area contributed by atoms with Crippen LogP contribution >= 0.6 is 11.6 Å². The predicted octanol–water partition coefficient (Wildman–Crippen LogP) is 2.16. The minimum absolute atomic E-state index is 0.0373. The van der Waals surface area contributed by atoms with E-state index in [0.29, 0.717) is 5.56 Å². The lowest BCUT2D eigenvalue weighted by molar-refractivity contribution is -0.384. The van der Waals surface area contributed by atoms with Gasteiger partial charge in [-0.15, -0.1) is 0 Å². The highest BCUT2D eigenvalue weighted by Gasteiger charge is 2.18. The maximum absolute atomic E-state index is 11.8. The van der Waals surface area contributed by atoms with Crippen LogP contribution in [0.15, 0.2) is 12.1 Å². The van der Waals surface area contributed by atoms with E-state index in [1.807, 2.05) is 0 Å². The van der Waals surface area contributed by atoms with Crippen molar-refractivity contribution < 1.29 is 23.2 Å². The summed E-state index contributed by atoms with van der Waals surface area (Å²) in [6.45, 7) is 1.50. The zero-order valence-corrected chi connectivity index (χ0v) is 12.6. The van der Waals surface area contributed by atoms with E-state index in [2.05, 4.69) is 4.72 Å². The van der Waals surface area contributed by atoms with Crippen LogP contribution in [0.2, 0.25) is 5.02 Å². The number of aliphatic carboxylic acids is 1. The number of nitrogens with zero attached hydrogens (tertiary/aromatic N) is 1. The zero-order valence-electron chi connectivity index (χ0n) is 11.0. The fourth-order valence-electron chi connectivity index (χ4n) is 1.55. The lowest BCUT2D eigenvalue weighted by Gasteiger charge is -2.10. The molecular weight excluding hydrogens is 324 g/mol. The number of benzene rings is 1. The molecule has 21 heavy (non-hydrogen) atoms. The van der Waals surface area contributed by atoms with Crippen LogP contribution in [0.5, 0.6) is 0 Å². The zero-order chi connectivity index (χ0) is 16.2. The number of hydrogen-bond acceptors (Lipinski definition) is 5. The van der Waals surface area contributed by atoms with Gasteiger partial charge in [-0.05, 0) is 25.0 Å². The molecule has 0 saturated heterocycles. The molecule has 0 aliphatic rings. The van der Waals surface area contributed by atoms with E-state index < -0.39 is 20.9 Å². The van der Waals surface area contributed by atoms with Crippen molar-refractivity contribution in [1.29, 1.82) is 0 Å². The van der Waals surface area contributed by atoms with Crippen LogP contribution in [0.1, 0.15) is 18.4 Å². The Kier molecular flexibility index (Phi) is 5.50. The van der Waals surface area contributed by atoms with Crippen molar-refractivity contribution in [3.05, 3.63) is 32.8 Å². The summed E-state index contributed by atoms with van der Waals surface area (Å²) in [6.07, 6.45) is -0.300. The summed E-state index contributed by atoms with van der Waals surface area (Å²) >= 11 is 5.72. The van der Waals surface area contributed by atoms with E-state index >= 15 is 0 Å². The van der Waals surface area contributed by atoms with Gasteiger partial charge in [-0.2, -0.15) is 0 Å². The van der Waals surface area contributed by atoms with Crippen molar-refractivity contribution in [2.45, 2.75) is 19.8 Å². The van der Waals surface area contributed by atoms with Gasteiger partial charge in [-0.1, -0.05) is 11.6 Å². The van der Waals surface area contributed by atoms with Crippen LogP contribution in [-0.2, 0) is 14.8 Å². The normalized spacial score (nSPS) is 11.1. The third-order valence-electron chi connectivity index (χ3n) is 2.56. The third kappa shape index (κ3) is 5.20. The molecule has 0 aliphatic carbocycles. The van der Waals surface area contributed by atoms with Gasteiger partial charge in [-0.25, -0.2) is 8.42 Å². The molecule has 116 valence electrons. The van der Waals surface area contributed by atoms with E-state index in [9.17, 15) is 23.3 Å². The Morgan fingerprint density at radius 2 is 2.10 bits per heavy atom. The van der Waals surface area contributed by atoms with Crippen molar-refractivity contribution >= 4 is 39.0 Å². The molecule has 2 N–H and O–H groups in total. The van der Waals surface area contributed by atoms with Crippen LogP contribution < -0.4 is 4.72 Å². The van der Waals surface area contributed by atoms with Crippen molar-refractivity contribution in [3.63, 3.8) is 0 Å². The quantitative estimate of drug-likeness (QED) is 0.580. The van der Waals surface area contributed by atoms with Crippen LogP contribution in [0.25, 0.3) is 0 Å². The Labute approximate surface area is 125 Å². The molecule has 0 atom stereocenters. The topological polar surface area (TPSA) is 127 Å². The number of nitrogens with one attached hydrogen (secondary N) is 1. The number of hydrogen-bond donors (Lipinski definition) is 2. The second-order valence-electron chi connectivity index (χ2n) is 4.29. The first-order valence-corrected chi connectivity index (χ1v) is 7.82. The Hall–Kier alpha value is -1.87. The first-order chi connectivity index (χ1) is 9.62. The fourth-order valence-corrected chi connectivity index (χ4v) is 2.96. The SMILES string of the molecule is Cc1cc([N+](=O)[O-])c(Cl)cc1NS(=O)(=O)CCCC(=O)O. The highest BCUT2D eigenvalue weighted by molar-refractivity contribution is 7.92. The fraction of sp³-hybridized carbons (Fsp3) is 0.364. The largest absolute Gasteiger partial charge is 0.481 e. The molecule has 0 spiro atoms. The molecule has 0 amide bonds. The van der Waals surface area contributed by atoms with E-state index in [-0.39, 0.29) is 35.0 Å². The summed E-state index contributed by atoms with van der Waals surface area (Å²) in [6, 6.07) is 2.32. The van der Waals surface area contributed by atoms with Gasteiger partial charge < -0.3 is 5.11 Å². The average molecular weight is 337 g/mol. The number of aryl methyl sites for hydroxylation is 1. The summed E-state index contributed by atoms with van der Waals surface area (Å²) in [5, 5.41) is 19.0. The molecule has 0 aliphatic heterocycles. The highest BCUT2D eigenvalue weighted by atomic mass is 35.5. The molecule has 0 heterocycles. The van der Waals surface area contributed by atoms with E-state index in [1.54, 1.807) is 0 Å². The number of carbonyl (C=O) groups is 1. The molecule has 1 aromatic carbocycles. The molecule has 0 bridgehead atoms. The minimum Gasteiger partial charge on any atom is -0.481 e. The van der Waals surface area contributed by atoms with Crippen molar-refractivity contribution in [2.75, 3.05) is 10.5 Å². The molecule has 10 heteroatoms. The number of sulfonamides is 1. The number of carboxylic acids is 1. The summed E-state index contributed by atoms with van der Waals surface area (Å²) in [4.78, 5) is 20.4. The van der Waals surface area contributed by atoms with E-state index in [0.717, 1.165) is 12.1 Å². The highest BCUT2D eigenvalue weighted by Crippen LogP contribution is 2.31. The van der Waals surface area contributed by atoms with Gasteiger partial charge in [0.15, 0.2) is 0 Å². The molecule has 8 nitrogen and oxygen atoms in total. The maximum atomic E-state index is 11.8. The molecule has 0 saturated carbocycles. The van der Waals surface area contributed by atoms with Crippen LogP contribution in [-0.4, -0.2) is 30.2 Å². The molecule has 0 fully saturated rings. The second kappa shape index (κ2) is 6.72. The number of halogens is 1. The number of nitro groups is 1. The van der Waals surface area contributed by atoms with Gasteiger partial charge in [0.25, 0.3) is 5.69 Å². The van der Waals surface area contributed by atoms with Crippen LogP contribution in [0.3, 0.4) is 0 Å². The summed E-state index contributed by atoms with van der Waals surface area (Å²) in [7, 11) is -3.74. The lowest BCUT2D eigenvalue weighted by atomic mass is 10.2. The molecule has 1 aromatic rings.